The standard InChI is InChI=1S/C8H12N2O3S/c1-10(14(3,11)12)7-4-5-9-6-8(7)13-2/h4-6H,1-3H3. The number of aromatic nitrogens is 1. The van der Waals surface area contributed by atoms with Crippen molar-refractivity contribution < 1.29 is 13.2 Å². The van der Waals surface area contributed by atoms with Crippen LogP contribution in [0.1, 0.15) is 0 Å². The van der Waals surface area contributed by atoms with Gasteiger partial charge in [0.25, 0.3) is 0 Å². The monoisotopic (exact) mass is 216 g/mol. The normalized spacial score (nSPS) is 11.1. The van der Waals surface area contributed by atoms with E-state index in [1.54, 1.807) is 6.07 Å². The maximum Gasteiger partial charge on any atom is 0.232 e. The minimum absolute atomic E-state index is 0.431. The van der Waals surface area contributed by atoms with E-state index in [4.69, 9.17) is 4.74 Å². The van der Waals surface area contributed by atoms with Gasteiger partial charge in [-0.15, -0.1) is 0 Å². The van der Waals surface area contributed by atoms with Crippen LogP contribution in [0.5, 0.6) is 5.75 Å². The van der Waals surface area contributed by atoms with Gasteiger partial charge in [0.05, 0.1) is 25.2 Å². The molecule has 0 saturated heterocycles. The zero-order valence-corrected chi connectivity index (χ0v) is 9.08. The molecular weight excluding hydrogens is 204 g/mol. The van der Waals surface area contributed by atoms with Crippen LogP contribution in [-0.2, 0) is 10.0 Å². The molecule has 1 aromatic rings. The van der Waals surface area contributed by atoms with Gasteiger partial charge in [-0.1, -0.05) is 0 Å². The minimum atomic E-state index is -3.26. The van der Waals surface area contributed by atoms with Crippen LogP contribution < -0.4 is 9.04 Å². The second-order valence-electron chi connectivity index (χ2n) is 2.78. The summed E-state index contributed by atoms with van der Waals surface area (Å²) in [6.07, 6.45) is 4.11. The quantitative estimate of drug-likeness (QED) is 0.737. The summed E-state index contributed by atoms with van der Waals surface area (Å²) in [6, 6.07) is 1.58. The lowest BCUT2D eigenvalue weighted by Gasteiger charge is -2.18. The summed E-state index contributed by atoms with van der Waals surface area (Å²) < 4.78 is 28.6. The molecule has 0 bridgehead atoms. The van der Waals surface area contributed by atoms with Crippen LogP contribution >= 0.6 is 0 Å². The topological polar surface area (TPSA) is 59.5 Å². The fourth-order valence-electron chi connectivity index (χ4n) is 0.969. The molecule has 0 atom stereocenters. The zero-order valence-electron chi connectivity index (χ0n) is 8.26. The summed E-state index contributed by atoms with van der Waals surface area (Å²) in [6.45, 7) is 0. The van der Waals surface area contributed by atoms with Gasteiger partial charge in [0.15, 0.2) is 5.75 Å². The summed E-state index contributed by atoms with van der Waals surface area (Å²) in [7, 11) is -0.329. The average Bonchev–Trinajstić information content (AvgIpc) is 2.15. The van der Waals surface area contributed by atoms with Crippen LogP contribution in [0, 0.1) is 0 Å². The van der Waals surface area contributed by atoms with Crippen molar-refractivity contribution in [2.75, 3.05) is 24.7 Å². The van der Waals surface area contributed by atoms with Crippen LogP contribution in [0.4, 0.5) is 5.69 Å². The van der Waals surface area contributed by atoms with Gasteiger partial charge in [-0.3, -0.25) is 9.29 Å². The first-order valence-corrected chi connectivity index (χ1v) is 5.73. The molecule has 0 radical (unpaired) electrons. The van der Waals surface area contributed by atoms with Crippen molar-refractivity contribution >= 4 is 15.7 Å². The number of hydrogen-bond donors (Lipinski definition) is 0. The Bertz CT molecular complexity index is 416. The second kappa shape index (κ2) is 3.83. The van der Waals surface area contributed by atoms with Crippen molar-refractivity contribution in [3.8, 4) is 5.75 Å². The fraction of sp³-hybridized carbons (Fsp3) is 0.375. The first-order chi connectivity index (χ1) is 6.46. The van der Waals surface area contributed by atoms with Gasteiger partial charge in [-0.25, -0.2) is 8.42 Å². The minimum Gasteiger partial charge on any atom is -0.493 e. The van der Waals surface area contributed by atoms with Crippen LogP contribution in [0.15, 0.2) is 18.5 Å². The molecule has 0 unspecified atom stereocenters. The Morgan fingerprint density at radius 2 is 2.14 bits per heavy atom. The lowest BCUT2D eigenvalue weighted by atomic mass is 10.4. The number of anilines is 1. The Kier molecular flexibility index (Phi) is 2.95. The third-order valence-electron chi connectivity index (χ3n) is 1.82. The van der Waals surface area contributed by atoms with Crippen molar-refractivity contribution in [3.05, 3.63) is 18.5 Å². The Hall–Kier alpha value is -1.30. The van der Waals surface area contributed by atoms with E-state index < -0.39 is 10.0 Å². The Morgan fingerprint density at radius 3 is 2.64 bits per heavy atom. The molecule has 1 rings (SSSR count). The molecule has 0 fully saturated rings. The SMILES string of the molecule is COc1cnccc1N(C)S(C)(=O)=O. The molecule has 0 N–H and O–H groups in total. The third kappa shape index (κ3) is 2.14. The smallest absolute Gasteiger partial charge is 0.232 e. The van der Waals surface area contributed by atoms with Gasteiger partial charge in [0.1, 0.15) is 0 Å². The van der Waals surface area contributed by atoms with E-state index in [0.29, 0.717) is 11.4 Å². The van der Waals surface area contributed by atoms with Gasteiger partial charge in [0.2, 0.25) is 10.0 Å². The van der Waals surface area contributed by atoms with E-state index in [0.717, 1.165) is 10.6 Å². The highest BCUT2D eigenvalue weighted by molar-refractivity contribution is 7.92. The summed E-state index contributed by atoms with van der Waals surface area (Å²) in [4.78, 5) is 3.83. The predicted octanol–water partition coefficient (Wildman–Crippen LogP) is 0.486. The Labute approximate surface area is 83.4 Å². The molecule has 1 heterocycles. The zero-order chi connectivity index (χ0) is 10.8. The van der Waals surface area contributed by atoms with Gasteiger partial charge < -0.3 is 4.74 Å². The van der Waals surface area contributed by atoms with E-state index in [2.05, 4.69) is 4.98 Å². The van der Waals surface area contributed by atoms with Gasteiger partial charge in [-0.2, -0.15) is 0 Å². The van der Waals surface area contributed by atoms with E-state index in [1.165, 1.54) is 26.6 Å². The van der Waals surface area contributed by atoms with Crippen molar-refractivity contribution in [1.82, 2.24) is 4.98 Å². The highest BCUT2D eigenvalue weighted by atomic mass is 32.2. The third-order valence-corrected chi connectivity index (χ3v) is 3.01. The number of rotatable bonds is 3. The fourth-order valence-corrected chi connectivity index (χ4v) is 1.48. The Balaban J connectivity index is 3.19. The van der Waals surface area contributed by atoms with Gasteiger partial charge >= 0.3 is 0 Å². The molecule has 0 amide bonds. The summed E-state index contributed by atoms with van der Waals surface area (Å²) >= 11 is 0. The molecule has 0 aliphatic carbocycles. The highest BCUT2D eigenvalue weighted by Gasteiger charge is 2.15. The number of hydrogen-bond acceptors (Lipinski definition) is 4. The molecule has 0 aromatic carbocycles. The number of nitrogens with zero attached hydrogens (tertiary/aromatic N) is 2. The van der Waals surface area contributed by atoms with E-state index in [-0.39, 0.29) is 0 Å². The summed E-state index contributed by atoms with van der Waals surface area (Å²) in [5, 5.41) is 0. The number of ether oxygens (including phenoxy) is 1. The van der Waals surface area contributed by atoms with E-state index in [1.807, 2.05) is 0 Å². The maximum absolute atomic E-state index is 11.2. The first-order valence-electron chi connectivity index (χ1n) is 3.88. The van der Waals surface area contributed by atoms with Crippen molar-refractivity contribution in [1.29, 1.82) is 0 Å². The first kappa shape index (κ1) is 10.8. The van der Waals surface area contributed by atoms with Crippen molar-refractivity contribution in [2.24, 2.45) is 0 Å². The van der Waals surface area contributed by atoms with Crippen molar-refractivity contribution in [3.63, 3.8) is 0 Å². The van der Waals surface area contributed by atoms with Crippen LogP contribution in [-0.4, -0.2) is 33.8 Å². The Morgan fingerprint density at radius 1 is 1.50 bits per heavy atom. The number of pyridine rings is 1. The lowest BCUT2D eigenvalue weighted by Crippen LogP contribution is -2.25. The number of methoxy groups -OCH3 is 1. The molecule has 14 heavy (non-hydrogen) atoms. The summed E-state index contributed by atoms with van der Waals surface area (Å²) in [5.74, 6) is 0.431. The molecular formula is C8H12N2O3S. The molecule has 0 aliphatic heterocycles. The molecule has 0 spiro atoms. The molecule has 1 aromatic heterocycles. The van der Waals surface area contributed by atoms with Crippen LogP contribution in [0.25, 0.3) is 0 Å². The maximum atomic E-state index is 11.2. The van der Waals surface area contributed by atoms with Gasteiger partial charge in [-0.05, 0) is 6.07 Å². The highest BCUT2D eigenvalue weighted by Crippen LogP contribution is 2.26. The van der Waals surface area contributed by atoms with Crippen LogP contribution in [0.3, 0.4) is 0 Å². The predicted molar refractivity (Wildman–Crippen MR) is 54.0 cm³/mol. The summed E-state index contributed by atoms with van der Waals surface area (Å²) in [5.41, 5.74) is 0.477. The second-order valence-corrected chi connectivity index (χ2v) is 4.79. The van der Waals surface area contributed by atoms with Crippen LogP contribution in [0.2, 0.25) is 0 Å². The lowest BCUT2D eigenvalue weighted by molar-refractivity contribution is 0.414. The van der Waals surface area contributed by atoms with Crippen molar-refractivity contribution in [2.45, 2.75) is 0 Å². The van der Waals surface area contributed by atoms with E-state index in [9.17, 15) is 8.42 Å². The van der Waals surface area contributed by atoms with E-state index >= 15 is 0 Å². The van der Waals surface area contributed by atoms with Gasteiger partial charge in [0, 0.05) is 13.2 Å². The molecule has 0 saturated carbocycles. The average molecular weight is 216 g/mol. The molecule has 5 nitrogen and oxygen atoms in total. The molecule has 0 aliphatic rings. The molecule has 6 heteroatoms. The largest absolute Gasteiger partial charge is 0.493 e. The number of sulfonamides is 1. The molecule has 78 valence electrons.